The minimum atomic E-state index is -2.93. The van der Waals surface area contributed by atoms with Gasteiger partial charge in [0.15, 0.2) is 27.8 Å². The molecule has 82 heavy (non-hydrogen) atoms. The first-order valence-corrected chi connectivity index (χ1v) is 32.0. The van der Waals surface area contributed by atoms with E-state index in [-0.39, 0.29) is 0 Å². The highest BCUT2D eigenvalue weighted by Crippen LogP contribution is 2.37. The lowest BCUT2D eigenvalue weighted by atomic mass is 10.1. The Morgan fingerprint density at radius 2 is 0.561 bits per heavy atom. The van der Waals surface area contributed by atoms with Crippen molar-refractivity contribution >= 4 is 101 Å². The van der Waals surface area contributed by atoms with Crippen molar-refractivity contribution in [2.45, 2.75) is 0 Å². The molecule has 3 heterocycles. The summed E-state index contributed by atoms with van der Waals surface area (Å²) in [6, 6.07) is 117. The SMILES string of the molecule is c1ccc([Si](c2ccccc2)(c2ccccc2)c2ccc(-c3nc(-c4cccc([Si](c5ccccc5)(c5ccccc5)c5ccccc5)c4)nc(-n4c5ccccc5c5cc(-n6c7ccccc7c7ccccc76)ccc54)n3)cc2)cc1. The zero-order valence-electron chi connectivity index (χ0n) is 44.8. The van der Waals surface area contributed by atoms with Crippen LogP contribution in [-0.4, -0.2) is 40.2 Å². The highest BCUT2D eigenvalue weighted by Gasteiger charge is 2.43. The Hall–Kier alpha value is -10.3. The molecule has 0 saturated carbocycles. The fourth-order valence-corrected chi connectivity index (χ4v) is 22.7. The van der Waals surface area contributed by atoms with E-state index in [4.69, 9.17) is 15.0 Å². The maximum Gasteiger partial charge on any atom is 0.238 e. The Morgan fingerprint density at radius 3 is 1.01 bits per heavy atom. The van der Waals surface area contributed by atoms with Crippen molar-refractivity contribution in [2.75, 3.05) is 0 Å². The second kappa shape index (κ2) is 20.4. The molecule has 0 amide bonds. The van der Waals surface area contributed by atoms with Crippen LogP contribution in [0.2, 0.25) is 0 Å². The maximum absolute atomic E-state index is 5.60. The third kappa shape index (κ3) is 7.92. The van der Waals surface area contributed by atoms with E-state index in [1.807, 2.05) is 0 Å². The first kappa shape index (κ1) is 48.8. The number of hydrogen-bond donors (Lipinski definition) is 0. The molecule has 0 unspecified atom stereocenters. The van der Waals surface area contributed by atoms with Gasteiger partial charge in [0.25, 0.3) is 0 Å². The summed E-state index contributed by atoms with van der Waals surface area (Å²) in [6.45, 7) is 0. The van der Waals surface area contributed by atoms with E-state index in [0.29, 0.717) is 17.6 Å². The van der Waals surface area contributed by atoms with Crippen LogP contribution in [-0.2, 0) is 0 Å². The number of nitrogens with zero attached hydrogens (tertiary/aromatic N) is 5. The minimum Gasteiger partial charge on any atom is -0.309 e. The molecule has 0 aliphatic rings. The van der Waals surface area contributed by atoms with Crippen LogP contribution < -0.4 is 41.5 Å². The Balaban J connectivity index is 0.963. The van der Waals surface area contributed by atoms with Gasteiger partial charge >= 0.3 is 0 Å². The van der Waals surface area contributed by atoms with Crippen LogP contribution in [0.15, 0.2) is 322 Å². The summed E-state index contributed by atoms with van der Waals surface area (Å²) in [4.78, 5) is 16.7. The molecule has 3 aromatic heterocycles. The number of benzene rings is 12. The van der Waals surface area contributed by atoms with Crippen LogP contribution in [0, 0.1) is 0 Å². The summed E-state index contributed by atoms with van der Waals surface area (Å²) in [5.41, 5.74) is 7.26. The molecule has 0 bridgehead atoms. The molecule has 12 aromatic carbocycles. The molecular weight excluding hydrogens is 1030 g/mol. The van der Waals surface area contributed by atoms with Crippen LogP contribution in [0.25, 0.3) is 78.0 Å². The van der Waals surface area contributed by atoms with E-state index >= 15 is 0 Å². The largest absolute Gasteiger partial charge is 0.309 e. The van der Waals surface area contributed by atoms with Crippen molar-refractivity contribution in [1.29, 1.82) is 0 Å². The summed E-state index contributed by atoms with van der Waals surface area (Å²) in [5, 5.41) is 15.0. The fraction of sp³-hybridized carbons (Fsp3) is 0. The van der Waals surface area contributed by atoms with Crippen molar-refractivity contribution in [1.82, 2.24) is 24.1 Å². The zero-order chi connectivity index (χ0) is 54.5. The molecule has 0 N–H and O–H groups in total. The predicted molar refractivity (Wildman–Crippen MR) is 347 cm³/mol. The Kier molecular flexibility index (Phi) is 12.1. The number of aromatic nitrogens is 5. The van der Waals surface area contributed by atoms with Gasteiger partial charge in [-0.2, -0.15) is 9.97 Å². The average Bonchev–Trinajstić information content (AvgIpc) is 3.77. The summed E-state index contributed by atoms with van der Waals surface area (Å²) in [6.07, 6.45) is 0. The summed E-state index contributed by atoms with van der Waals surface area (Å²) in [5.74, 6) is 1.73. The number of rotatable bonds is 12. The van der Waals surface area contributed by atoms with Gasteiger partial charge in [-0.3, -0.25) is 4.57 Å². The highest BCUT2D eigenvalue weighted by molar-refractivity contribution is 7.20. The van der Waals surface area contributed by atoms with Crippen molar-refractivity contribution in [3.05, 3.63) is 322 Å². The molecule has 0 fully saturated rings. The summed E-state index contributed by atoms with van der Waals surface area (Å²) in [7, 11) is -5.75. The lowest BCUT2D eigenvalue weighted by Crippen LogP contribution is -2.74. The monoisotopic (exact) mass is 1080 g/mol. The van der Waals surface area contributed by atoms with E-state index in [0.717, 1.165) is 38.6 Å². The Morgan fingerprint density at radius 1 is 0.220 bits per heavy atom. The average molecular weight is 1080 g/mol. The topological polar surface area (TPSA) is 48.5 Å². The smallest absolute Gasteiger partial charge is 0.238 e. The fourth-order valence-electron chi connectivity index (χ4n) is 13.1. The third-order valence-electron chi connectivity index (χ3n) is 16.7. The summed E-state index contributed by atoms with van der Waals surface area (Å²) >= 11 is 0. The van der Waals surface area contributed by atoms with Crippen LogP contribution in [0.1, 0.15) is 0 Å². The number of fused-ring (bicyclic) bond motifs is 6. The second-order valence-electron chi connectivity index (χ2n) is 21.1. The molecule has 15 aromatic rings. The maximum atomic E-state index is 5.60. The van der Waals surface area contributed by atoms with Gasteiger partial charge in [-0.15, -0.1) is 0 Å². The van der Waals surface area contributed by atoms with Crippen LogP contribution in [0.5, 0.6) is 0 Å². The van der Waals surface area contributed by atoms with Crippen molar-refractivity contribution < 1.29 is 0 Å². The molecule has 0 spiro atoms. The lowest BCUT2D eigenvalue weighted by molar-refractivity contribution is 0.953. The molecule has 0 atom stereocenters. The Labute approximate surface area is 478 Å². The molecule has 0 aliphatic heterocycles. The number of hydrogen-bond acceptors (Lipinski definition) is 3. The normalized spacial score (nSPS) is 11.9. The van der Waals surface area contributed by atoms with Gasteiger partial charge in [0.05, 0.1) is 22.1 Å². The van der Waals surface area contributed by atoms with Crippen molar-refractivity contribution in [2.24, 2.45) is 0 Å². The molecule has 7 heteroatoms. The molecule has 386 valence electrons. The van der Waals surface area contributed by atoms with Gasteiger partial charge < -0.3 is 4.57 Å². The van der Waals surface area contributed by atoms with Gasteiger partial charge in [0, 0.05) is 38.4 Å². The van der Waals surface area contributed by atoms with Gasteiger partial charge in [-0.25, -0.2) is 4.98 Å². The second-order valence-corrected chi connectivity index (χ2v) is 28.7. The third-order valence-corrected chi connectivity index (χ3v) is 26.3. The molecular formula is C75H53N5Si2. The first-order chi connectivity index (χ1) is 40.7. The molecule has 0 saturated heterocycles. The van der Waals surface area contributed by atoms with Gasteiger partial charge in [-0.05, 0) is 77.9 Å². The van der Waals surface area contributed by atoms with Crippen molar-refractivity contribution in [3.63, 3.8) is 0 Å². The molecule has 15 rings (SSSR count). The first-order valence-electron chi connectivity index (χ1n) is 28.0. The van der Waals surface area contributed by atoms with Crippen LogP contribution in [0.4, 0.5) is 0 Å². The highest BCUT2D eigenvalue weighted by atomic mass is 28.3. The molecule has 5 nitrogen and oxygen atoms in total. The van der Waals surface area contributed by atoms with Gasteiger partial charge in [0.1, 0.15) is 0 Å². The predicted octanol–water partition coefficient (Wildman–Crippen LogP) is 12.2. The van der Waals surface area contributed by atoms with Gasteiger partial charge in [-0.1, -0.05) is 285 Å². The van der Waals surface area contributed by atoms with Crippen LogP contribution >= 0.6 is 0 Å². The lowest BCUT2D eigenvalue weighted by Gasteiger charge is -2.34. The number of para-hydroxylation sites is 3. The Bertz CT molecular complexity index is 4530. The minimum absolute atomic E-state index is 0.546. The van der Waals surface area contributed by atoms with Gasteiger partial charge in [0.2, 0.25) is 5.95 Å². The van der Waals surface area contributed by atoms with E-state index < -0.39 is 16.1 Å². The van der Waals surface area contributed by atoms with E-state index in [9.17, 15) is 0 Å². The molecule has 0 aliphatic carbocycles. The van der Waals surface area contributed by atoms with E-state index in [2.05, 4.69) is 331 Å². The summed E-state index contributed by atoms with van der Waals surface area (Å²) < 4.78 is 4.63. The van der Waals surface area contributed by atoms with E-state index in [1.54, 1.807) is 0 Å². The molecule has 0 radical (unpaired) electrons. The van der Waals surface area contributed by atoms with Crippen LogP contribution in [0.3, 0.4) is 0 Å². The quantitative estimate of drug-likeness (QED) is 0.0905. The zero-order valence-corrected chi connectivity index (χ0v) is 46.8. The standard InChI is InChI=1S/C75H53N5Si2/c1-7-27-57(28-8-1)81(58-29-9-2-10-30-58,59-31-11-3-12-32-59)63-49-46-54(47-50-63)73-76-74(55-26-25-39-64(52-55)82(60-33-13-4-14-34-60,61-35-15-5-16-36-61)62-37-17-6-18-38-62)78-75(77-73)80-71-45-24-21-42-67(71)68-53-56(48-51-72(68)80)79-69-43-22-19-40-65(69)66-41-20-23-44-70(66)79/h1-53H. The van der Waals surface area contributed by atoms with E-state index in [1.165, 1.54) is 63.3 Å². The van der Waals surface area contributed by atoms with Crippen molar-refractivity contribution in [3.8, 4) is 34.4 Å².